The summed E-state index contributed by atoms with van der Waals surface area (Å²) in [7, 11) is 0. The maximum atomic E-state index is 12.7. The summed E-state index contributed by atoms with van der Waals surface area (Å²) in [5.41, 5.74) is 2.55. The molecule has 0 amide bonds. The number of halogens is 3. The van der Waals surface area contributed by atoms with Crippen molar-refractivity contribution in [2.45, 2.75) is 39.0 Å². The van der Waals surface area contributed by atoms with E-state index in [4.69, 9.17) is 9.15 Å². The van der Waals surface area contributed by atoms with Gasteiger partial charge in [-0.15, -0.1) is 10.2 Å². The van der Waals surface area contributed by atoms with Gasteiger partial charge in [0.1, 0.15) is 5.75 Å². The predicted molar refractivity (Wildman–Crippen MR) is 92.1 cm³/mol. The SMILES string of the molecule is CCC1=CN=C=C=C1c1nnc(C(C)(C)Oc2ccc(C(F)(F)F)cc2)o1. The molecule has 0 radical (unpaired) electrons. The van der Waals surface area contributed by atoms with Crippen LogP contribution in [0.2, 0.25) is 0 Å². The van der Waals surface area contributed by atoms with Gasteiger partial charge in [0.15, 0.2) is 5.60 Å². The van der Waals surface area contributed by atoms with Crippen molar-refractivity contribution in [2.24, 2.45) is 4.99 Å². The van der Waals surface area contributed by atoms with E-state index in [0.717, 1.165) is 17.7 Å². The molecule has 0 N–H and O–H groups in total. The second-order valence-electron chi connectivity index (χ2n) is 6.30. The number of rotatable bonds is 5. The van der Waals surface area contributed by atoms with Crippen LogP contribution in [-0.4, -0.2) is 16.1 Å². The molecule has 1 aromatic carbocycles. The monoisotopic (exact) mass is 375 g/mol. The van der Waals surface area contributed by atoms with Crippen LogP contribution in [0.1, 0.15) is 44.5 Å². The van der Waals surface area contributed by atoms with Crippen LogP contribution in [0, 0.1) is 0 Å². The van der Waals surface area contributed by atoms with E-state index in [2.05, 4.69) is 26.8 Å². The van der Waals surface area contributed by atoms with Gasteiger partial charge in [-0.1, -0.05) is 6.92 Å². The third kappa shape index (κ3) is 4.03. The summed E-state index contributed by atoms with van der Waals surface area (Å²) in [4.78, 5) is 3.90. The molecule has 2 heterocycles. The molecule has 3 rings (SSSR count). The molecular weight excluding hydrogens is 359 g/mol. The fraction of sp³-hybridized carbons (Fsp3) is 0.316. The van der Waals surface area contributed by atoms with Gasteiger partial charge in [-0.2, -0.15) is 13.2 Å². The van der Waals surface area contributed by atoms with E-state index in [1.165, 1.54) is 12.1 Å². The van der Waals surface area contributed by atoms with Gasteiger partial charge in [0, 0.05) is 12.1 Å². The molecule has 0 aliphatic carbocycles. The summed E-state index contributed by atoms with van der Waals surface area (Å²) in [5, 5.41) is 8.04. The molecule has 1 aromatic heterocycles. The number of benzene rings is 1. The first-order valence-electron chi connectivity index (χ1n) is 8.18. The highest BCUT2D eigenvalue weighted by Gasteiger charge is 2.32. The normalized spacial score (nSPS) is 14.1. The van der Waals surface area contributed by atoms with E-state index in [9.17, 15) is 13.2 Å². The Bertz CT molecular complexity index is 972. The minimum Gasteiger partial charge on any atom is -0.478 e. The zero-order chi connectivity index (χ0) is 19.7. The topological polar surface area (TPSA) is 60.5 Å². The van der Waals surface area contributed by atoms with E-state index in [0.29, 0.717) is 12.0 Å². The van der Waals surface area contributed by atoms with Crippen molar-refractivity contribution < 1.29 is 22.3 Å². The lowest BCUT2D eigenvalue weighted by Gasteiger charge is -2.22. The molecular formula is C19H16F3N3O2. The molecule has 2 aromatic rings. The number of ether oxygens (including phenoxy) is 1. The highest BCUT2D eigenvalue weighted by atomic mass is 19.4. The fourth-order valence-electron chi connectivity index (χ4n) is 2.42. The van der Waals surface area contributed by atoms with E-state index in [1.807, 2.05) is 6.92 Å². The van der Waals surface area contributed by atoms with Crippen molar-refractivity contribution in [3.63, 3.8) is 0 Å². The van der Waals surface area contributed by atoms with Gasteiger partial charge in [0.25, 0.3) is 11.8 Å². The van der Waals surface area contributed by atoms with Gasteiger partial charge in [0.05, 0.1) is 11.1 Å². The second kappa shape index (κ2) is 6.91. The Balaban J connectivity index is 1.82. The number of alkyl halides is 3. The van der Waals surface area contributed by atoms with Gasteiger partial charge in [0.2, 0.25) is 0 Å². The lowest BCUT2D eigenvalue weighted by molar-refractivity contribution is -0.137. The van der Waals surface area contributed by atoms with Crippen molar-refractivity contribution in [1.29, 1.82) is 0 Å². The zero-order valence-electron chi connectivity index (χ0n) is 14.9. The number of hydrogen-bond donors (Lipinski definition) is 0. The van der Waals surface area contributed by atoms with Crippen molar-refractivity contribution in [1.82, 2.24) is 10.2 Å². The van der Waals surface area contributed by atoms with E-state index < -0.39 is 17.3 Å². The van der Waals surface area contributed by atoms with E-state index >= 15 is 0 Å². The van der Waals surface area contributed by atoms with Crippen LogP contribution in [0.4, 0.5) is 13.2 Å². The Morgan fingerprint density at radius 1 is 1.11 bits per heavy atom. The fourth-order valence-corrected chi connectivity index (χ4v) is 2.42. The van der Waals surface area contributed by atoms with Crippen LogP contribution >= 0.6 is 0 Å². The van der Waals surface area contributed by atoms with Crippen molar-refractivity contribution >= 4 is 11.4 Å². The largest absolute Gasteiger partial charge is 0.478 e. The van der Waals surface area contributed by atoms with Crippen LogP contribution in [0.15, 0.2) is 51.2 Å². The molecule has 0 spiro atoms. The number of allylic oxidation sites excluding steroid dienone is 2. The number of nitrogens with zero attached hydrogens (tertiary/aromatic N) is 3. The zero-order valence-corrected chi connectivity index (χ0v) is 14.9. The molecule has 140 valence electrons. The van der Waals surface area contributed by atoms with Gasteiger partial charge < -0.3 is 9.15 Å². The van der Waals surface area contributed by atoms with Crippen LogP contribution in [0.5, 0.6) is 5.75 Å². The first-order chi connectivity index (χ1) is 12.7. The van der Waals surface area contributed by atoms with Gasteiger partial charge in [-0.05, 0) is 55.8 Å². The summed E-state index contributed by atoms with van der Waals surface area (Å²) in [6, 6.07) is 4.42. The van der Waals surface area contributed by atoms with Crippen molar-refractivity contribution in [3.05, 3.63) is 59.1 Å². The molecule has 1 aliphatic rings. The highest BCUT2D eigenvalue weighted by Crippen LogP contribution is 2.33. The minimum atomic E-state index is -4.40. The van der Waals surface area contributed by atoms with Crippen LogP contribution in [-0.2, 0) is 11.8 Å². The molecule has 0 bridgehead atoms. The third-order valence-electron chi connectivity index (χ3n) is 3.88. The molecule has 0 atom stereocenters. The standard InChI is InChI=1S/C19H16F3N3O2/c1-4-12-11-23-10-9-15(12)16-24-25-17(26-16)18(2,3)27-14-7-5-13(6-8-14)19(20,21)22/h5-8,11H,4H2,1-3H3. The Hall–Kier alpha value is -3.08. The average Bonchev–Trinajstić information content (AvgIpc) is 3.12. The maximum Gasteiger partial charge on any atom is 0.416 e. The first-order valence-corrected chi connectivity index (χ1v) is 8.18. The Labute approximate surface area is 153 Å². The Kier molecular flexibility index (Phi) is 4.79. The molecule has 0 saturated carbocycles. The molecule has 1 aliphatic heterocycles. The summed E-state index contributed by atoms with van der Waals surface area (Å²) in [6.07, 6.45) is -2.04. The number of aromatic nitrogens is 2. The highest BCUT2D eigenvalue weighted by molar-refractivity contribution is 5.81. The molecule has 0 unspecified atom stereocenters. The Morgan fingerprint density at radius 3 is 2.44 bits per heavy atom. The van der Waals surface area contributed by atoms with Crippen LogP contribution in [0.25, 0.3) is 5.57 Å². The van der Waals surface area contributed by atoms with Gasteiger partial charge in [-0.25, -0.2) is 4.99 Å². The van der Waals surface area contributed by atoms with E-state index in [1.54, 1.807) is 20.0 Å². The van der Waals surface area contributed by atoms with Crippen LogP contribution < -0.4 is 4.74 Å². The average molecular weight is 375 g/mol. The third-order valence-corrected chi connectivity index (χ3v) is 3.88. The maximum absolute atomic E-state index is 12.7. The summed E-state index contributed by atoms with van der Waals surface area (Å²) in [5.74, 6) is 3.31. The molecule has 0 saturated heterocycles. The lowest BCUT2D eigenvalue weighted by atomic mass is 10.1. The predicted octanol–water partition coefficient (Wildman–Crippen LogP) is 4.92. The number of aliphatic imine (C=N–C) groups is 1. The molecule has 0 fully saturated rings. The summed E-state index contributed by atoms with van der Waals surface area (Å²) < 4.78 is 49.5. The van der Waals surface area contributed by atoms with Gasteiger partial charge in [-0.3, -0.25) is 0 Å². The summed E-state index contributed by atoms with van der Waals surface area (Å²) in [6.45, 7) is 5.33. The lowest BCUT2D eigenvalue weighted by Crippen LogP contribution is -2.25. The number of hydrogen-bond acceptors (Lipinski definition) is 5. The molecule has 27 heavy (non-hydrogen) atoms. The molecule has 8 heteroatoms. The van der Waals surface area contributed by atoms with E-state index in [-0.39, 0.29) is 17.5 Å². The smallest absolute Gasteiger partial charge is 0.416 e. The van der Waals surface area contributed by atoms with Crippen molar-refractivity contribution in [2.75, 3.05) is 0 Å². The first kappa shape index (κ1) is 18.7. The Morgan fingerprint density at radius 2 is 1.81 bits per heavy atom. The summed E-state index contributed by atoms with van der Waals surface area (Å²) >= 11 is 0. The molecule has 5 nitrogen and oxygen atoms in total. The van der Waals surface area contributed by atoms with Crippen molar-refractivity contribution in [3.8, 4) is 5.75 Å². The second-order valence-corrected chi connectivity index (χ2v) is 6.30. The quantitative estimate of drug-likeness (QED) is 0.696. The van der Waals surface area contributed by atoms with Gasteiger partial charge >= 0.3 is 6.18 Å². The minimum absolute atomic E-state index is 0.185. The van der Waals surface area contributed by atoms with Crippen LogP contribution in [0.3, 0.4) is 0 Å².